The van der Waals surface area contributed by atoms with Gasteiger partial charge in [0.15, 0.2) is 0 Å². The number of hydrogen-bond acceptors (Lipinski definition) is 1. The van der Waals surface area contributed by atoms with Crippen LogP contribution in [0.25, 0.3) is 0 Å². The Labute approximate surface area is 57.6 Å². The normalized spacial score (nSPS) is 18.4. The summed E-state index contributed by atoms with van der Waals surface area (Å²) in [5, 5.41) is 0.999. The highest BCUT2D eigenvalue weighted by Crippen LogP contribution is 2.06. The highest BCUT2D eigenvalue weighted by atomic mass is 79.9. The maximum Gasteiger partial charge on any atom is 0.0569 e. The summed E-state index contributed by atoms with van der Waals surface area (Å²) in [5.41, 5.74) is 1.44. The lowest BCUT2D eigenvalue weighted by Crippen LogP contribution is -1.93. The van der Waals surface area contributed by atoms with E-state index in [-0.39, 0.29) is 0 Å². The van der Waals surface area contributed by atoms with Crippen LogP contribution in [0.15, 0.2) is 16.6 Å². The van der Waals surface area contributed by atoms with E-state index in [1.54, 1.807) is 0 Å². The van der Waals surface area contributed by atoms with Crippen LogP contribution >= 0.6 is 15.9 Å². The number of hydrogen-bond donors (Lipinski definition) is 0. The number of halogens is 1. The first-order valence-electron chi connectivity index (χ1n) is 2.65. The van der Waals surface area contributed by atoms with Gasteiger partial charge in [0.1, 0.15) is 0 Å². The topological polar surface area (TPSA) is 12.4 Å². The van der Waals surface area contributed by atoms with Crippen molar-refractivity contribution >= 4 is 22.1 Å². The SMILES string of the molecule is BrCC1=CCN=CC1. The third kappa shape index (κ3) is 1.44. The van der Waals surface area contributed by atoms with Crippen molar-refractivity contribution < 1.29 is 0 Å². The van der Waals surface area contributed by atoms with Gasteiger partial charge in [0.25, 0.3) is 0 Å². The van der Waals surface area contributed by atoms with Gasteiger partial charge < -0.3 is 0 Å². The Morgan fingerprint density at radius 3 is 3.00 bits per heavy atom. The second-order valence-electron chi connectivity index (χ2n) is 1.75. The Hall–Kier alpha value is -0.110. The zero-order valence-corrected chi connectivity index (χ0v) is 6.19. The van der Waals surface area contributed by atoms with Crippen LogP contribution in [0, 0.1) is 0 Å². The number of nitrogens with zero attached hydrogens (tertiary/aromatic N) is 1. The molecule has 0 unspecified atom stereocenters. The van der Waals surface area contributed by atoms with E-state index in [1.165, 1.54) is 5.57 Å². The van der Waals surface area contributed by atoms with E-state index >= 15 is 0 Å². The summed E-state index contributed by atoms with van der Waals surface area (Å²) in [6, 6.07) is 0. The molecule has 0 radical (unpaired) electrons. The smallest absolute Gasteiger partial charge is 0.0569 e. The fourth-order valence-corrected chi connectivity index (χ4v) is 1.09. The van der Waals surface area contributed by atoms with Crippen molar-refractivity contribution in [2.45, 2.75) is 6.42 Å². The number of aliphatic imine (C=N–C) groups is 1. The van der Waals surface area contributed by atoms with Crippen molar-refractivity contribution in [3.8, 4) is 0 Å². The second kappa shape index (κ2) is 3.02. The Morgan fingerprint density at radius 1 is 1.75 bits per heavy atom. The van der Waals surface area contributed by atoms with E-state index in [1.807, 2.05) is 6.21 Å². The van der Waals surface area contributed by atoms with Crippen molar-refractivity contribution in [3.63, 3.8) is 0 Å². The molecule has 0 aliphatic carbocycles. The molecule has 1 aliphatic rings. The summed E-state index contributed by atoms with van der Waals surface area (Å²) in [5.74, 6) is 0. The van der Waals surface area contributed by atoms with E-state index in [9.17, 15) is 0 Å². The summed E-state index contributed by atoms with van der Waals surface area (Å²) in [6.07, 6.45) is 5.16. The zero-order chi connectivity index (χ0) is 5.82. The van der Waals surface area contributed by atoms with Crippen LogP contribution < -0.4 is 0 Å². The molecule has 0 aromatic heterocycles. The van der Waals surface area contributed by atoms with E-state index in [0.717, 1.165) is 18.3 Å². The predicted molar refractivity (Wildman–Crippen MR) is 39.9 cm³/mol. The standard InChI is InChI=1S/C6H8BrN/c7-5-6-1-3-8-4-2-6/h1,4H,2-3,5H2. The molecule has 0 fully saturated rings. The van der Waals surface area contributed by atoms with Gasteiger partial charge in [0.05, 0.1) is 6.54 Å². The van der Waals surface area contributed by atoms with Crippen LogP contribution in [0.5, 0.6) is 0 Å². The van der Waals surface area contributed by atoms with Crippen molar-refractivity contribution in [3.05, 3.63) is 11.6 Å². The van der Waals surface area contributed by atoms with Crippen molar-refractivity contribution in [1.29, 1.82) is 0 Å². The van der Waals surface area contributed by atoms with Crippen LogP contribution in [0.2, 0.25) is 0 Å². The number of dihydropyridines is 1. The third-order valence-corrected chi connectivity index (χ3v) is 1.86. The maximum absolute atomic E-state index is 4.05. The van der Waals surface area contributed by atoms with E-state index in [2.05, 4.69) is 27.0 Å². The average molecular weight is 174 g/mol. The van der Waals surface area contributed by atoms with Gasteiger partial charge in [0, 0.05) is 18.0 Å². The van der Waals surface area contributed by atoms with Gasteiger partial charge >= 0.3 is 0 Å². The highest BCUT2D eigenvalue weighted by molar-refractivity contribution is 9.09. The molecule has 2 heteroatoms. The first kappa shape index (κ1) is 6.02. The average Bonchev–Trinajstić information content (AvgIpc) is 1.90. The summed E-state index contributed by atoms with van der Waals surface area (Å²) in [7, 11) is 0. The number of allylic oxidation sites excluding steroid dienone is 1. The minimum Gasteiger partial charge on any atom is -0.293 e. The zero-order valence-electron chi connectivity index (χ0n) is 4.60. The molecule has 1 heterocycles. The molecule has 0 amide bonds. The molecule has 1 rings (SSSR count). The monoisotopic (exact) mass is 173 g/mol. The molecule has 0 saturated carbocycles. The molecule has 0 aromatic carbocycles. The van der Waals surface area contributed by atoms with Crippen molar-refractivity contribution in [2.24, 2.45) is 4.99 Å². The number of rotatable bonds is 1. The van der Waals surface area contributed by atoms with Gasteiger partial charge in [-0.25, -0.2) is 0 Å². The Kier molecular flexibility index (Phi) is 2.27. The maximum atomic E-state index is 4.05. The van der Waals surface area contributed by atoms with Crippen LogP contribution in [0.3, 0.4) is 0 Å². The summed E-state index contributed by atoms with van der Waals surface area (Å²) in [6.45, 7) is 0.876. The molecule has 8 heavy (non-hydrogen) atoms. The van der Waals surface area contributed by atoms with Crippen LogP contribution in [-0.2, 0) is 0 Å². The molecule has 1 aliphatic heterocycles. The van der Waals surface area contributed by atoms with Crippen molar-refractivity contribution in [2.75, 3.05) is 11.9 Å². The van der Waals surface area contributed by atoms with E-state index in [0.29, 0.717) is 0 Å². The molecule has 0 spiro atoms. The minimum absolute atomic E-state index is 0.876. The third-order valence-electron chi connectivity index (χ3n) is 1.14. The molecule has 0 N–H and O–H groups in total. The Morgan fingerprint density at radius 2 is 2.62 bits per heavy atom. The predicted octanol–water partition coefficient (Wildman–Crippen LogP) is 1.78. The molecule has 0 atom stereocenters. The van der Waals surface area contributed by atoms with Gasteiger partial charge in [-0.3, -0.25) is 4.99 Å². The summed E-state index contributed by atoms with van der Waals surface area (Å²) < 4.78 is 0. The van der Waals surface area contributed by atoms with Crippen LogP contribution in [-0.4, -0.2) is 18.1 Å². The van der Waals surface area contributed by atoms with Crippen LogP contribution in [0.4, 0.5) is 0 Å². The quantitative estimate of drug-likeness (QED) is 0.424. The van der Waals surface area contributed by atoms with Crippen LogP contribution in [0.1, 0.15) is 6.42 Å². The largest absolute Gasteiger partial charge is 0.293 e. The highest BCUT2D eigenvalue weighted by Gasteiger charge is 1.94. The molecular formula is C6H8BrN. The summed E-state index contributed by atoms with van der Waals surface area (Å²) >= 11 is 3.38. The van der Waals surface area contributed by atoms with Gasteiger partial charge in [-0.2, -0.15) is 0 Å². The first-order valence-corrected chi connectivity index (χ1v) is 3.78. The molecule has 0 aromatic rings. The van der Waals surface area contributed by atoms with E-state index in [4.69, 9.17) is 0 Å². The molecule has 0 saturated heterocycles. The fourth-order valence-electron chi connectivity index (χ4n) is 0.631. The minimum atomic E-state index is 0.876. The lowest BCUT2D eigenvalue weighted by atomic mass is 10.2. The number of alkyl halides is 1. The Bertz CT molecular complexity index is 126. The molecule has 1 nitrogen and oxygen atoms in total. The van der Waals surface area contributed by atoms with Gasteiger partial charge in [-0.05, 0) is 0 Å². The lowest BCUT2D eigenvalue weighted by Gasteiger charge is -2.01. The fraction of sp³-hybridized carbons (Fsp3) is 0.500. The Balaban J connectivity index is 2.43. The van der Waals surface area contributed by atoms with E-state index < -0.39 is 0 Å². The molecular weight excluding hydrogens is 166 g/mol. The van der Waals surface area contributed by atoms with Gasteiger partial charge in [-0.1, -0.05) is 27.6 Å². The van der Waals surface area contributed by atoms with Gasteiger partial charge in [-0.15, -0.1) is 0 Å². The lowest BCUT2D eigenvalue weighted by molar-refractivity contribution is 1.13. The molecule has 44 valence electrons. The van der Waals surface area contributed by atoms with Crippen molar-refractivity contribution in [1.82, 2.24) is 0 Å². The summed E-state index contributed by atoms with van der Waals surface area (Å²) in [4.78, 5) is 4.05. The molecule has 0 bridgehead atoms. The second-order valence-corrected chi connectivity index (χ2v) is 2.31. The van der Waals surface area contributed by atoms with Gasteiger partial charge in [0.2, 0.25) is 0 Å². The first-order chi connectivity index (χ1) is 3.93.